The molecule has 6 nitrogen and oxygen atoms in total. The minimum absolute atomic E-state index is 0.188. The van der Waals surface area contributed by atoms with Crippen molar-refractivity contribution < 1.29 is 19.1 Å². The first-order valence-corrected chi connectivity index (χ1v) is 9.94. The third-order valence-corrected chi connectivity index (χ3v) is 4.80. The average Bonchev–Trinajstić information content (AvgIpc) is 2.98. The zero-order valence-corrected chi connectivity index (χ0v) is 17.7. The van der Waals surface area contributed by atoms with Crippen LogP contribution in [0.4, 0.5) is 0 Å². The number of ketones is 1. The lowest BCUT2D eigenvalue weighted by Crippen LogP contribution is -2.31. The summed E-state index contributed by atoms with van der Waals surface area (Å²) in [4.78, 5) is 36.0. The average molecular weight is 399 g/mol. The van der Waals surface area contributed by atoms with E-state index in [0.29, 0.717) is 24.4 Å². The molecule has 6 heteroatoms. The quantitative estimate of drug-likeness (QED) is 0.491. The third kappa shape index (κ3) is 6.89. The van der Waals surface area contributed by atoms with Crippen molar-refractivity contribution >= 4 is 17.7 Å². The number of aromatic nitrogens is 1. The van der Waals surface area contributed by atoms with E-state index in [-0.39, 0.29) is 24.8 Å². The van der Waals surface area contributed by atoms with Gasteiger partial charge in [0.05, 0.1) is 0 Å². The first-order valence-electron chi connectivity index (χ1n) is 9.94. The zero-order chi connectivity index (χ0) is 21.4. The van der Waals surface area contributed by atoms with E-state index in [1.54, 1.807) is 0 Å². The van der Waals surface area contributed by atoms with Crippen molar-refractivity contribution in [2.75, 3.05) is 13.2 Å². The number of carbonyl (C=O) groups excluding carboxylic acids is 3. The molecule has 0 saturated heterocycles. The summed E-state index contributed by atoms with van der Waals surface area (Å²) in [6, 6.07) is 11.8. The fourth-order valence-electron chi connectivity index (χ4n) is 3.05. The van der Waals surface area contributed by atoms with Gasteiger partial charge in [0, 0.05) is 29.9 Å². The monoisotopic (exact) mass is 398 g/mol. The number of nitrogens with zero attached hydrogens (tertiary/aromatic N) is 1. The van der Waals surface area contributed by atoms with Gasteiger partial charge in [-0.3, -0.25) is 14.4 Å². The Kier molecular flexibility index (Phi) is 8.19. The largest absolute Gasteiger partial charge is 0.456 e. The molecule has 0 fully saturated rings. The van der Waals surface area contributed by atoms with Gasteiger partial charge < -0.3 is 14.6 Å². The number of hydrogen-bond donors (Lipinski definition) is 1. The maximum atomic E-state index is 12.5. The molecular weight excluding hydrogens is 368 g/mol. The minimum Gasteiger partial charge on any atom is -0.456 e. The van der Waals surface area contributed by atoms with Gasteiger partial charge in [-0.05, 0) is 37.8 Å². The van der Waals surface area contributed by atoms with Crippen molar-refractivity contribution in [3.8, 4) is 0 Å². The Morgan fingerprint density at radius 3 is 2.45 bits per heavy atom. The number of Topliss-reactive ketones (excluding diaryl/α,β-unsaturated/α-hetero) is 1. The van der Waals surface area contributed by atoms with E-state index in [1.807, 2.05) is 64.1 Å². The molecule has 2 aromatic rings. The number of esters is 1. The Hall–Kier alpha value is -2.89. The smallest absolute Gasteiger partial charge is 0.325 e. The van der Waals surface area contributed by atoms with Gasteiger partial charge in [-0.15, -0.1) is 0 Å². The molecule has 0 aliphatic heterocycles. The van der Waals surface area contributed by atoms with Crippen LogP contribution in [0.1, 0.15) is 54.0 Å². The molecule has 0 atom stereocenters. The van der Waals surface area contributed by atoms with Gasteiger partial charge in [0.1, 0.15) is 6.54 Å². The lowest BCUT2D eigenvalue weighted by atomic mass is 10.1. The number of nitrogens with one attached hydrogen (secondary N) is 1. The Morgan fingerprint density at radius 1 is 1.10 bits per heavy atom. The topological polar surface area (TPSA) is 77.4 Å². The second-order valence-electron chi connectivity index (χ2n) is 7.65. The predicted molar refractivity (Wildman–Crippen MR) is 112 cm³/mol. The first kappa shape index (κ1) is 22.4. The second-order valence-corrected chi connectivity index (χ2v) is 7.65. The molecule has 156 valence electrons. The SMILES string of the molecule is Cc1cc(C(=O)COC(=O)CNC(=O)CCC(C)C)c(C)n1Cc1ccccc1. The Labute approximate surface area is 172 Å². The van der Waals surface area contributed by atoms with Gasteiger partial charge in [0.2, 0.25) is 11.7 Å². The molecule has 0 radical (unpaired) electrons. The van der Waals surface area contributed by atoms with E-state index in [9.17, 15) is 14.4 Å². The van der Waals surface area contributed by atoms with Crippen molar-refractivity contribution in [3.63, 3.8) is 0 Å². The van der Waals surface area contributed by atoms with Crippen molar-refractivity contribution in [3.05, 3.63) is 58.9 Å². The number of rotatable bonds is 10. The molecule has 0 saturated carbocycles. The predicted octanol–water partition coefficient (Wildman–Crippen LogP) is 3.43. The molecule has 0 aliphatic carbocycles. The van der Waals surface area contributed by atoms with E-state index in [4.69, 9.17) is 4.74 Å². The fourth-order valence-corrected chi connectivity index (χ4v) is 3.05. The van der Waals surface area contributed by atoms with Gasteiger partial charge in [-0.1, -0.05) is 44.2 Å². The van der Waals surface area contributed by atoms with Gasteiger partial charge >= 0.3 is 5.97 Å². The number of hydrogen-bond acceptors (Lipinski definition) is 4. The van der Waals surface area contributed by atoms with Crippen LogP contribution >= 0.6 is 0 Å². The lowest BCUT2D eigenvalue weighted by molar-refractivity contribution is -0.142. The summed E-state index contributed by atoms with van der Waals surface area (Å²) in [7, 11) is 0. The van der Waals surface area contributed by atoms with Crippen LogP contribution in [-0.4, -0.2) is 35.4 Å². The summed E-state index contributed by atoms with van der Waals surface area (Å²) in [5.41, 5.74) is 3.51. The summed E-state index contributed by atoms with van der Waals surface area (Å²) in [6.07, 6.45) is 1.13. The number of benzene rings is 1. The summed E-state index contributed by atoms with van der Waals surface area (Å²) in [5, 5.41) is 2.52. The molecule has 1 aromatic heterocycles. The molecule has 0 unspecified atom stereocenters. The zero-order valence-electron chi connectivity index (χ0n) is 17.7. The molecule has 0 spiro atoms. The van der Waals surface area contributed by atoms with Crippen molar-refractivity contribution in [1.82, 2.24) is 9.88 Å². The Balaban J connectivity index is 1.87. The van der Waals surface area contributed by atoms with Gasteiger partial charge in [0.25, 0.3) is 0 Å². The van der Waals surface area contributed by atoms with Crippen molar-refractivity contribution in [2.24, 2.45) is 5.92 Å². The Morgan fingerprint density at radius 2 is 1.79 bits per heavy atom. The molecule has 0 bridgehead atoms. The number of carbonyl (C=O) groups is 3. The van der Waals surface area contributed by atoms with Crippen LogP contribution in [0.2, 0.25) is 0 Å². The molecule has 1 aromatic carbocycles. The van der Waals surface area contributed by atoms with Gasteiger partial charge in [-0.2, -0.15) is 0 Å². The maximum Gasteiger partial charge on any atom is 0.325 e. The highest BCUT2D eigenvalue weighted by Gasteiger charge is 2.18. The number of ether oxygens (including phenoxy) is 1. The fraction of sp³-hybridized carbons (Fsp3) is 0.435. The summed E-state index contributed by atoms with van der Waals surface area (Å²) in [5.74, 6) is -0.635. The maximum absolute atomic E-state index is 12.5. The molecule has 1 heterocycles. The van der Waals surface area contributed by atoms with E-state index >= 15 is 0 Å². The summed E-state index contributed by atoms with van der Waals surface area (Å²) < 4.78 is 7.11. The van der Waals surface area contributed by atoms with Crippen LogP contribution < -0.4 is 5.32 Å². The standard InChI is InChI=1S/C23H30N2O4/c1-16(2)10-11-22(27)24-13-23(28)29-15-21(26)20-12-17(3)25(18(20)4)14-19-8-6-5-7-9-19/h5-9,12,16H,10-11,13-15H2,1-4H3,(H,24,27). The van der Waals surface area contributed by atoms with E-state index in [0.717, 1.165) is 23.4 Å². The van der Waals surface area contributed by atoms with Crippen LogP contribution in [0.15, 0.2) is 36.4 Å². The highest BCUT2D eigenvalue weighted by atomic mass is 16.5. The first-order chi connectivity index (χ1) is 13.8. The Bertz CT molecular complexity index is 853. The van der Waals surface area contributed by atoms with Crippen LogP contribution in [0.25, 0.3) is 0 Å². The normalized spacial score (nSPS) is 10.8. The third-order valence-electron chi connectivity index (χ3n) is 4.80. The summed E-state index contributed by atoms with van der Waals surface area (Å²) >= 11 is 0. The molecule has 29 heavy (non-hydrogen) atoms. The van der Waals surface area contributed by atoms with Crippen LogP contribution in [0.5, 0.6) is 0 Å². The van der Waals surface area contributed by atoms with Gasteiger partial charge in [-0.25, -0.2) is 0 Å². The molecule has 0 aliphatic rings. The van der Waals surface area contributed by atoms with E-state index < -0.39 is 5.97 Å². The van der Waals surface area contributed by atoms with E-state index in [2.05, 4.69) is 9.88 Å². The molecule has 1 N–H and O–H groups in total. The molecular formula is C23H30N2O4. The van der Waals surface area contributed by atoms with E-state index in [1.165, 1.54) is 0 Å². The van der Waals surface area contributed by atoms with Crippen LogP contribution in [0, 0.1) is 19.8 Å². The highest BCUT2D eigenvalue weighted by Crippen LogP contribution is 2.18. The molecule has 2 rings (SSSR count). The van der Waals surface area contributed by atoms with Crippen LogP contribution in [-0.2, 0) is 20.9 Å². The van der Waals surface area contributed by atoms with Gasteiger partial charge in [0.15, 0.2) is 6.61 Å². The summed E-state index contributed by atoms with van der Waals surface area (Å²) in [6.45, 7) is 8.01. The van der Waals surface area contributed by atoms with Crippen molar-refractivity contribution in [1.29, 1.82) is 0 Å². The minimum atomic E-state index is -0.616. The number of amides is 1. The van der Waals surface area contributed by atoms with Crippen molar-refractivity contribution in [2.45, 2.75) is 47.1 Å². The lowest BCUT2D eigenvalue weighted by Gasteiger charge is -2.10. The number of aryl methyl sites for hydroxylation is 1. The highest BCUT2D eigenvalue weighted by molar-refractivity contribution is 5.99. The van der Waals surface area contributed by atoms with Crippen LogP contribution in [0.3, 0.4) is 0 Å². The second kappa shape index (κ2) is 10.6. The molecule has 1 amide bonds.